The van der Waals surface area contributed by atoms with E-state index in [1.807, 2.05) is 54.6 Å². The monoisotopic (exact) mass is 503 g/mol. The Kier molecular flexibility index (Phi) is 7.77. The summed E-state index contributed by atoms with van der Waals surface area (Å²) in [4.78, 5) is 17.2. The van der Waals surface area contributed by atoms with E-state index in [1.54, 1.807) is 20.8 Å². The summed E-state index contributed by atoms with van der Waals surface area (Å²) in [6.07, 6.45) is 2.31. The maximum absolute atomic E-state index is 12.7. The zero-order chi connectivity index (χ0) is 25.0. The normalized spacial score (nSPS) is 13.8. The molecule has 1 heterocycles. The molecule has 1 aromatic heterocycles. The third-order valence-electron chi connectivity index (χ3n) is 4.83. The van der Waals surface area contributed by atoms with E-state index in [-0.39, 0.29) is 11.7 Å². The van der Waals surface area contributed by atoms with Gasteiger partial charge in [-0.3, -0.25) is 5.32 Å². The lowest BCUT2D eigenvalue weighted by atomic mass is 9.79. The average molecular weight is 504 g/mol. The molecule has 34 heavy (non-hydrogen) atoms. The Hall–Kier alpha value is -2.79. The SMILES string of the molecule is CC(C)(C)OC(=O)Nc1ncc([C@](NS(C)(=O)=O)(c2ccccc2)c2ccccc2CCO)s1. The number of hydrogen-bond acceptors (Lipinski definition) is 7. The number of aromatic nitrogens is 1. The molecule has 182 valence electrons. The summed E-state index contributed by atoms with van der Waals surface area (Å²) in [7, 11) is -3.74. The molecule has 0 spiro atoms. The average Bonchev–Trinajstić information content (AvgIpc) is 3.20. The van der Waals surface area contributed by atoms with E-state index in [2.05, 4.69) is 15.0 Å². The Balaban J connectivity index is 2.22. The number of aliphatic hydroxyl groups is 1. The minimum atomic E-state index is -3.74. The first kappa shape index (κ1) is 25.8. The van der Waals surface area contributed by atoms with E-state index < -0.39 is 27.3 Å². The van der Waals surface area contributed by atoms with Gasteiger partial charge in [0, 0.05) is 12.8 Å². The molecule has 0 fully saturated rings. The van der Waals surface area contributed by atoms with Crippen molar-refractivity contribution in [2.45, 2.75) is 38.3 Å². The van der Waals surface area contributed by atoms with Crippen LogP contribution in [-0.2, 0) is 26.7 Å². The molecule has 10 heteroatoms. The fourth-order valence-electron chi connectivity index (χ4n) is 3.68. The van der Waals surface area contributed by atoms with Gasteiger partial charge in [0.1, 0.15) is 11.1 Å². The van der Waals surface area contributed by atoms with E-state index in [0.29, 0.717) is 22.4 Å². The first-order valence-corrected chi connectivity index (χ1v) is 13.4. The highest BCUT2D eigenvalue weighted by Crippen LogP contribution is 2.42. The minimum Gasteiger partial charge on any atom is -0.444 e. The molecule has 0 saturated heterocycles. The second kappa shape index (κ2) is 10.2. The van der Waals surface area contributed by atoms with Crippen LogP contribution >= 0.6 is 11.3 Å². The molecule has 8 nitrogen and oxygen atoms in total. The number of sulfonamides is 1. The third kappa shape index (κ3) is 6.20. The van der Waals surface area contributed by atoms with Crippen LogP contribution in [0, 0.1) is 0 Å². The van der Waals surface area contributed by atoms with Crippen molar-refractivity contribution in [2.24, 2.45) is 0 Å². The minimum absolute atomic E-state index is 0.102. The van der Waals surface area contributed by atoms with Crippen molar-refractivity contribution in [3.8, 4) is 0 Å². The molecule has 0 saturated carbocycles. The van der Waals surface area contributed by atoms with Crippen LogP contribution in [0.3, 0.4) is 0 Å². The van der Waals surface area contributed by atoms with Gasteiger partial charge < -0.3 is 9.84 Å². The van der Waals surface area contributed by atoms with E-state index >= 15 is 0 Å². The number of hydrogen-bond donors (Lipinski definition) is 3. The fraction of sp³-hybridized carbons (Fsp3) is 0.333. The largest absolute Gasteiger partial charge is 0.444 e. The topological polar surface area (TPSA) is 118 Å². The Morgan fingerprint density at radius 3 is 2.35 bits per heavy atom. The van der Waals surface area contributed by atoms with Crippen molar-refractivity contribution in [2.75, 3.05) is 18.2 Å². The van der Waals surface area contributed by atoms with Crippen LogP contribution in [0.25, 0.3) is 0 Å². The summed E-state index contributed by atoms with van der Waals surface area (Å²) < 4.78 is 33.6. The quantitative estimate of drug-likeness (QED) is 0.430. The summed E-state index contributed by atoms with van der Waals surface area (Å²) in [5, 5.41) is 12.6. The van der Waals surface area contributed by atoms with Crippen molar-refractivity contribution >= 4 is 32.6 Å². The predicted molar refractivity (Wildman–Crippen MR) is 134 cm³/mol. The van der Waals surface area contributed by atoms with Crippen molar-refractivity contribution in [3.05, 3.63) is 82.4 Å². The Morgan fingerprint density at radius 2 is 1.74 bits per heavy atom. The van der Waals surface area contributed by atoms with E-state index in [9.17, 15) is 18.3 Å². The highest BCUT2D eigenvalue weighted by Gasteiger charge is 2.42. The lowest BCUT2D eigenvalue weighted by molar-refractivity contribution is 0.0636. The number of aliphatic hydroxyl groups excluding tert-OH is 1. The van der Waals surface area contributed by atoms with Crippen LogP contribution in [0.2, 0.25) is 0 Å². The van der Waals surface area contributed by atoms with Crippen molar-refractivity contribution in [1.82, 2.24) is 9.71 Å². The van der Waals surface area contributed by atoms with Crippen molar-refractivity contribution in [1.29, 1.82) is 0 Å². The molecule has 2 aromatic carbocycles. The molecule has 1 amide bonds. The molecule has 1 atom stereocenters. The van der Waals surface area contributed by atoms with Gasteiger partial charge in [0.25, 0.3) is 0 Å². The zero-order valence-electron chi connectivity index (χ0n) is 19.5. The van der Waals surface area contributed by atoms with Crippen molar-refractivity contribution < 1.29 is 23.1 Å². The maximum atomic E-state index is 12.7. The van der Waals surface area contributed by atoms with Crippen LogP contribution in [-0.4, -0.2) is 43.1 Å². The molecule has 0 radical (unpaired) electrons. The standard InChI is InChI=1S/C24H29N3O5S2/c1-23(2,3)32-22(29)26-21-25-16-20(33-21)24(27-34(4,30)31,18-11-6-5-7-12-18)19-13-9-8-10-17(19)14-15-28/h5-13,16,27-28H,14-15H2,1-4H3,(H,25,26,29)/t24-/m0/s1. The first-order chi connectivity index (χ1) is 15.9. The molecule has 0 aliphatic heterocycles. The number of rotatable bonds is 8. The lowest BCUT2D eigenvalue weighted by Gasteiger charge is -2.35. The number of carbonyl (C=O) groups is 1. The molecular formula is C24H29N3O5S2. The van der Waals surface area contributed by atoms with Gasteiger partial charge in [-0.2, -0.15) is 4.72 Å². The van der Waals surface area contributed by atoms with Crippen molar-refractivity contribution in [3.63, 3.8) is 0 Å². The summed E-state index contributed by atoms with van der Waals surface area (Å²) >= 11 is 1.14. The Labute approximate surface area is 204 Å². The number of nitrogens with zero attached hydrogens (tertiary/aromatic N) is 1. The zero-order valence-corrected chi connectivity index (χ0v) is 21.2. The van der Waals surface area contributed by atoms with Gasteiger partial charge in [0.2, 0.25) is 10.0 Å². The van der Waals surface area contributed by atoms with Crippen LogP contribution < -0.4 is 10.0 Å². The third-order valence-corrected chi connectivity index (χ3v) is 6.54. The molecule has 3 N–H and O–H groups in total. The molecule has 0 bridgehead atoms. The summed E-state index contributed by atoms with van der Waals surface area (Å²) in [6, 6.07) is 16.5. The van der Waals surface area contributed by atoms with Crippen LogP contribution in [0.15, 0.2) is 60.8 Å². The number of carbonyl (C=O) groups excluding carboxylic acids is 1. The van der Waals surface area contributed by atoms with Gasteiger partial charge in [-0.05, 0) is 43.9 Å². The molecular weight excluding hydrogens is 474 g/mol. The number of amides is 1. The second-order valence-corrected chi connectivity index (χ2v) is 11.6. The second-order valence-electron chi connectivity index (χ2n) is 8.78. The molecule has 0 aliphatic carbocycles. The number of benzene rings is 2. The van der Waals surface area contributed by atoms with Crippen LogP contribution in [0.4, 0.5) is 9.93 Å². The molecule has 3 aromatic rings. The molecule has 3 rings (SSSR count). The Bertz CT molecular complexity index is 1240. The van der Waals surface area contributed by atoms with Gasteiger partial charge in [-0.25, -0.2) is 18.2 Å². The summed E-state index contributed by atoms with van der Waals surface area (Å²) in [5.74, 6) is 0. The maximum Gasteiger partial charge on any atom is 0.413 e. The number of ether oxygens (including phenoxy) is 1. The first-order valence-electron chi connectivity index (χ1n) is 10.6. The van der Waals surface area contributed by atoms with E-state index in [1.165, 1.54) is 6.20 Å². The van der Waals surface area contributed by atoms with Crippen LogP contribution in [0.1, 0.15) is 42.3 Å². The number of nitrogens with one attached hydrogen (secondary N) is 2. The smallest absolute Gasteiger partial charge is 0.413 e. The van der Waals surface area contributed by atoms with E-state index in [0.717, 1.165) is 23.2 Å². The van der Waals surface area contributed by atoms with Gasteiger partial charge in [0.15, 0.2) is 5.13 Å². The van der Waals surface area contributed by atoms with Crippen LogP contribution in [0.5, 0.6) is 0 Å². The van der Waals surface area contributed by atoms with Gasteiger partial charge >= 0.3 is 6.09 Å². The number of anilines is 1. The highest BCUT2D eigenvalue weighted by atomic mass is 32.2. The highest BCUT2D eigenvalue weighted by molar-refractivity contribution is 7.88. The number of thiazole rings is 1. The summed E-state index contributed by atoms with van der Waals surface area (Å²) in [6.45, 7) is 5.17. The predicted octanol–water partition coefficient (Wildman–Crippen LogP) is 3.87. The van der Waals surface area contributed by atoms with Gasteiger partial charge in [0.05, 0.1) is 11.1 Å². The fourth-order valence-corrected chi connectivity index (χ4v) is 5.63. The Morgan fingerprint density at radius 1 is 1.09 bits per heavy atom. The van der Waals surface area contributed by atoms with E-state index in [4.69, 9.17) is 4.74 Å². The molecule has 0 unspecified atom stereocenters. The van der Waals surface area contributed by atoms with Gasteiger partial charge in [-0.1, -0.05) is 65.9 Å². The van der Waals surface area contributed by atoms with Gasteiger partial charge in [-0.15, -0.1) is 0 Å². The summed E-state index contributed by atoms with van der Waals surface area (Å²) in [5.41, 5.74) is 0.0806. The molecule has 0 aliphatic rings. The lowest BCUT2D eigenvalue weighted by Crippen LogP contribution is -2.47.